The molecule has 1 aliphatic rings. The maximum absolute atomic E-state index is 5.53. The molecular weight excluding hydrogens is 356 g/mol. The standard InChI is InChI=1S/C18H19BrN2O2/c1-22-18-12-17(21-8-10-23-11-9-21)7-2-14(18)13-20-16-5-3-15(19)4-6-16/h2-7,12-13H,8-11H2,1H3. The molecule has 0 amide bonds. The van der Waals surface area contributed by atoms with Crippen molar-refractivity contribution in [2.75, 3.05) is 38.3 Å². The number of hydrogen-bond acceptors (Lipinski definition) is 4. The minimum absolute atomic E-state index is 0.773. The van der Waals surface area contributed by atoms with E-state index in [2.05, 4.69) is 38.0 Å². The Kier molecular flexibility index (Phi) is 5.31. The molecule has 1 saturated heterocycles. The van der Waals surface area contributed by atoms with Gasteiger partial charge in [-0.3, -0.25) is 4.99 Å². The van der Waals surface area contributed by atoms with Gasteiger partial charge >= 0.3 is 0 Å². The molecule has 0 radical (unpaired) electrons. The van der Waals surface area contributed by atoms with Crippen molar-refractivity contribution < 1.29 is 9.47 Å². The van der Waals surface area contributed by atoms with Crippen LogP contribution in [0, 0.1) is 0 Å². The van der Waals surface area contributed by atoms with Crippen LogP contribution in [0.15, 0.2) is 51.9 Å². The van der Waals surface area contributed by atoms with Crippen molar-refractivity contribution in [3.8, 4) is 5.75 Å². The van der Waals surface area contributed by atoms with Gasteiger partial charge in [0.2, 0.25) is 0 Å². The van der Waals surface area contributed by atoms with Crippen molar-refractivity contribution in [1.82, 2.24) is 0 Å². The Balaban J connectivity index is 1.80. The number of aliphatic imine (C=N–C) groups is 1. The number of anilines is 1. The van der Waals surface area contributed by atoms with E-state index >= 15 is 0 Å². The van der Waals surface area contributed by atoms with Crippen LogP contribution in [0.5, 0.6) is 5.75 Å². The molecule has 2 aromatic carbocycles. The molecule has 0 spiro atoms. The molecule has 1 fully saturated rings. The predicted molar refractivity (Wildman–Crippen MR) is 97.4 cm³/mol. The molecule has 0 aromatic heterocycles. The van der Waals surface area contributed by atoms with Crippen LogP contribution in [0.25, 0.3) is 0 Å². The van der Waals surface area contributed by atoms with Crippen LogP contribution in [0.1, 0.15) is 5.56 Å². The highest BCUT2D eigenvalue weighted by Gasteiger charge is 2.13. The highest BCUT2D eigenvalue weighted by Crippen LogP contribution is 2.26. The monoisotopic (exact) mass is 374 g/mol. The van der Waals surface area contributed by atoms with E-state index in [4.69, 9.17) is 9.47 Å². The zero-order valence-electron chi connectivity index (χ0n) is 13.0. The lowest BCUT2D eigenvalue weighted by atomic mass is 10.1. The minimum Gasteiger partial charge on any atom is -0.496 e. The number of halogens is 1. The number of morpholine rings is 1. The zero-order valence-corrected chi connectivity index (χ0v) is 14.6. The van der Waals surface area contributed by atoms with Gasteiger partial charge in [-0.05, 0) is 36.4 Å². The van der Waals surface area contributed by atoms with Crippen molar-refractivity contribution in [2.45, 2.75) is 0 Å². The largest absolute Gasteiger partial charge is 0.496 e. The van der Waals surface area contributed by atoms with Crippen molar-refractivity contribution in [1.29, 1.82) is 0 Å². The molecule has 3 rings (SSSR count). The van der Waals surface area contributed by atoms with E-state index in [1.165, 1.54) is 0 Å². The Bertz CT molecular complexity index is 680. The van der Waals surface area contributed by atoms with Crippen molar-refractivity contribution in [3.63, 3.8) is 0 Å². The number of hydrogen-bond donors (Lipinski definition) is 0. The van der Waals surface area contributed by atoms with E-state index in [9.17, 15) is 0 Å². The second kappa shape index (κ2) is 7.62. The lowest BCUT2D eigenvalue weighted by Gasteiger charge is -2.29. The third kappa shape index (κ3) is 4.12. The summed E-state index contributed by atoms with van der Waals surface area (Å²) in [5.74, 6) is 0.829. The molecule has 0 atom stereocenters. The first-order valence-electron chi connectivity index (χ1n) is 7.56. The second-order valence-corrected chi connectivity index (χ2v) is 6.18. The third-order valence-electron chi connectivity index (χ3n) is 3.77. The summed E-state index contributed by atoms with van der Waals surface area (Å²) >= 11 is 3.42. The maximum atomic E-state index is 5.53. The summed E-state index contributed by atoms with van der Waals surface area (Å²) in [6.07, 6.45) is 1.84. The maximum Gasteiger partial charge on any atom is 0.129 e. The van der Waals surface area contributed by atoms with Crippen molar-refractivity contribution >= 4 is 33.5 Å². The number of ether oxygens (including phenoxy) is 2. The van der Waals surface area contributed by atoms with Crippen molar-refractivity contribution in [2.24, 2.45) is 4.99 Å². The van der Waals surface area contributed by atoms with E-state index in [0.717, 1.165) is 53.5 Å². The fourth-order valence-corrected chi connectivity index (χ4v) is 2.76. The van der Waals surface area contributed by atoms with E-state index in [-0.39, 0.29) is 0 Å². The first-order chi connectivity index (χ1) is 11.3. The summed E-state index contributed by atoms with van der Waals surface area (Å²) in [4.78, 5) is 6.82. The zero-order chi connectivity index (χ0) is 16.1. The molecule has 23 heavy (non-hydrogen) atoms. The second-order valence-electron chi connectivity index (χ2n) is 5.26. The highest BCUT2D eigenvalue weighted by atomic mass is 79.9. The molecule has 4 nitrogen and oxygen atoms in total. The van der Waals surface area contributed by atoms with E-state index in [1.54, 1.807) is 7.11 Å². The van der Waals surface area contributed by atoms with Gasteiger partial charge in [0.05, 0.1) is 26.0 Å². The van der Waals surface area contributed by atoms with Crippen LogP contribution in [0.2, 0.25) is 0 Å². The highest BCUT2D eigenvalue weighted by molar-refractivity contribution is 9.10. The van der Waals surface area contributed by atoms with Gasteiger partial charge in [0.15, 0.2) is 0 Å². The molecule has 0 aliphatic carbocycles. The molecule has 1 aliphatic heterocycles. The van der Waals surface area contributed by atoms with Gasteiger partial charge in [-0.1, -0.05) is 15.9 Å². The number of benzene rings is 2. The predicted octanol–water partition coefficient (Wildman–Crippen LogP) is 4.04. The lowest BCUT2D eigenvalue weighted by molar-refractivity contribution is 0.122. The Morgan fingerprint density at radius 3 is 2.57 bits per heavy atom. The van der Waals surface area contributed by atoms with E-state index in [0.29, 0.717) is 0 Å². The molecule has 2 aromatic rings. The molecule has 0 saturated carbocycles. The summed E-state index contributed by atoms with van der Waals surface area (Å²) < 4.78 is 12.0. The van der Waals surface area contributed by atoms with Crippen LogP contribution in [-0.4, -0.2) is 39.6 Å². The lowest BCUT2D eigenvalue weighted by Crippen LogP contribution is -2.36. The molecule has 5 heteroatoms. The number of rotatable bonds is 4. The van der Waals surface area contributed by atoms with E-state index in [1.807, 2.05) is 36.5 Å². The van der Waals surface area contributed by atoms with Gasteiger partial charge in [0.25, 0.3) is 0 Å². The molecule has 0 N–H and O–H groups in total. The van der Waals surface area contributed by atoms with E-state index < -0.39 is 0 Å². The topological polar surface area (TPSA) is 34.1 Å². The van der Waals surface area contributed by atoms with Crippen LogP contribution in [0.3, 0.4) is 0 Å². The van der Waals surface area contributed by atoms with Crippen LogP contribution >= 0.6 is 15.9 Å². The Morgan fingerprint density at radius 2 is 1.87 bits per heavy atom. The third-order valence-corrected chi connectivity index (χ3v) is 4.30. The number of nitrogens with zero attached hydrogens (tertiary/aromatic N) is 2. The van der Waals surface area contributed by atoms with Gasteiger partial charge in [-0.2, -0.15) is 0 Å². The SMILES string of the molecule is COc1cc(N2CCOCC2)ccc1C=Nc1ccc(Br)cc1. The van der Waals surface area contributed by atoms with Gasteiger partial charge < -0.3 is 14.4 Å². The van der Waals surface area contributed by atoms with Gasteiger partial charge in [-0.25, -0.2) is 0 Å². The first-order valence-corrected chi connectivity index (χ1v) is 8.36. The molecule has 1 heterocycles. The Labute approximate surface area is 144 Å². The summed E-state index contributed by atoms with van der Waals surface area (Å²) in [5, 5.41) is 0. The fraction of sp³-hybridized carbons (Fsp3) is 0.278. The summed E-state index contributed by atoms with van der Waals surface area (Å²) in [6, 6.07) is 14.1. The summed E-state index contributed by atoms with van der Waals surface area (Å²) in [5.41, 5.74) is 3.03. The Hall–Kier alpha value is -1.85. The quantitative estimate of drug-likeness (QED) is 0.757. The smallest absolute Gasteiger partial charge is 0.129 e. The van der Waals surface area contributed by atoms with Gasteiger partial charge in [0, 0.05) is 41.1 Å². The van der Waals surface area contributed by atoms with Gasteiger partial charge in [0.1, 0.15) is 5.75 Å². The van der Waals surface area contributed by atoms with Crippen LogP contribution in [-0.2, 0) is 4.74 Å². The molecular formula is C18H19BrN2O2. The molecule has 0 unspecified atom stereocenters. The fourth-order valence-electron chi connectivity index (χ4n) is 2.50. The normalized spacial score (nSPS) is 15.1. The number of methoxy groups -OCH3 is 1. The average Bonchev–Trinajstić information content (AvgIpc) is 2.62. The molecule has 120 valence electrons. The molecule has 0 bridgehead atoms. The Morgan fingerprint density at radius 1 is 1.13 bits per heavy atom. The summed E-state index contributed by atoms with van der Waals surface area (Å²) in [6.45, 7) is 3.37. The summed E-state index contributed by atoms with van der Waals surface area (Å²) in [7, 11) is 1.69. The van der Waals surface area contributed by atoms with Crippen molar-refractivity contribution in [3.05, 3.63) is 52.5 Å². The van der Waals surface area contributed by atoms with Gasteiger partial charge in [-0.15, -0.1) is 0 Å². The van der Waals surface area contributed by atoms with Crippen LogP contribution < -0.4 is 9.64 Å². The minimum atomic E-state index is 0.773. The first kappa shape index (κ1) is 16.0. The average molecular weight is 375 g/mol. The van der Waals surface area contributed by atoms with Crippen LogP contribution in [0.4, 0.5) is 11.4 Å².